The van der Waals surface area contributed by atoms with Crippen LogP contribution in [0.2, 0.25) is 0 Å². The molecule has 37 heavy (non-hydrogen) atoms. The molecule has 1 N–H and O–H groups in total. The lowest BCUT2D eigenvalue weighted by Gasteiger charge is -2.32. The first-order valence-electron chi connectivity index (χ1n) is 12.1. The highest BCUT2D eigenvalue weighted by atomic mass is 19.1. The minimum absolute atomic E-state index is 0.198. The standard InChI is InChI=1S/C28H30FN5O3/c1-19(2)14-15-30-28(36)27(20-8-6-11-23(16-20)37-3)34(22-10-7-9-21(29)17-22)26(35)18-33-25-13-5-4-12-24(25)31-32-33/h4-13,16-17,19,27H,14-15,18H2,1-3H3,(H,30,36). The summed E-state index contributed by atoms with van der Waals surface area (Å²) in [6.07, 6.45) is 0.773. The zero-order chi connectivity index (χ0) is 26.4. The number of hydrogen-bond acceptors (Lipinski definition) is 5. The Labute approximate surface area is 215 Å². The number of nitrogens with zero attached hydrogens (tertiary/aromatic N) is 4. The van der Waals surface area contributed by atoms with Crippen LogP contribution in [0.1, 0.15) is 31.9 Å². The van der Waals surface area contributed by atoms with Gasteiger partial charge in [-0.1, -0.05) is 49.4 Å². The number of halogens is 1. The third-order valence-electron chi connectivity index (χ3n) is 6.00. The predicted octanol–water partition coefficient (Wildman–Crippen LogP) is 4.52. The molecule has 9 heteroatoms. The van der Waals surface area contributed by atoms with Gasteiger partial charge in [-0.3, -0.25) is 14.5 Å². The molecule has 1 unspecified atom stereocenters. The SMILES string of the molecule is COc1cccc(C(C(=O)NCCC(C)C)N(C(=O)Cn2nnc3ccccc32)c2cccc(F)c2)c1. The molecular formula is C28H30FN5O3. The van der Waals surface area contributed by atoms with Crippen LogP contribution >= 0.6 is 0 Å². The fourth-order valence-electron chi connectivity index (χ4n) is 4.11. The summed E-state index contributed by atoms with van der Waals surface area (Å²) in [5.74, 6) is -0.433. The maximum Gasteiger partial charge on any atom is 0.249 e. The van der Waals surface area contributed by atoms with Crippen LogP contribution in [0.5, 0.6) is 5.75 Å². The van der Waals surface area contributed by atoms with Crippen LogP contribution < -0.4 is 15.0 Å². The molecule has 0 spiro atoms. The highest BCUT2D eigenvalue weighted by Gasteiger charge is 2.33. The average Bonchev–Trinajstić information content (AvgIpc) is 3.29. The van der Waals surface area contributed by atoms with E-state index in [1.54, 1.807) is 36.4 Å². The largest absolute Gasteiger partial charge is 0.497 e. The van der Waals surface area contributed by atoms with Gasteiger partial charge in [-0.2, -0.15) is 0 Å². The second-order valence-electron chi connectivity index (χ2n) is 9.13. The molecular weight excluding hydrogens is 473 g/mol. The molecule has 0 aliphatic rings. The van der Waals surface area contributed by atoms with E-state index in [4.69, 9.17) is 4.74 Å². The molecule has 4 aromatic rings. The van der Waals surface area contributed by atoms with Crippen molar-refractivity contribution >= 4 is 28.5 Å². The van der Waals surface area contributed by atoms with Crippen molar-refractivity contribution in [1.82, 2.24) is 20.3 Å². The van der Waals surface area contributed by atoms with Crippen LogP contribution in [-0.2, 0) is 16.1 Å². The fraction of sp³-hybridized carbons (Fsp3) is 0.286. The predicted molar refractivity (Wildman–Crippen MR) is 140 cm³/mol. The van der Waals surface area contributed by atoms with E-state index in [0.717, 1.165) is 6.42 Å². The van der Waals surface area contributed by atoms with Gasteiger partial charge in [-0.05, 0) is 60.4 Å². The Balaban J connectivity index is 1.78. The van der Waals surface area contributed by atoms with Crippen molar-refractivity contribution in [2.45, 2.75) is 32.9 Å². The van der Waals surface area contributed by atoms with Crippen LogP contribution in [-0.4, -0.2) is 40.5 Å². The number of aromatic nitrogens is 3. The quantitative estimate of drug-likeness (QED) is 0.344. The van der Waals surface area contributed by atoms with Crippen molar-refractivity contribution in [3.63, 3.8) is 0 Å². The summed E-state index contributed by atoms with van der Waals surface area (Å²) >= 11 is 0. The number of hydrogen-bond donors (Lipinski definition) is 1. The van der Waals surface area contributed by atoms with Crippen molar-refractivity contribution in [3.8, 4) is 5.75 Å². The molecule has 192 valence electrons. The number of methoxy groups -OCH3 is 1. The molecule has 0 saturated heterocycles. The van der Waals surface area contributed by atoms with E-state index >= 15 is 0 Å². The molecule has 0 fully saturated rings. The number of anilines is 1. The molecule has 2 amide bonds. The van der Waals surface area contributed by atoms with Crippen molar-refractivity contribution in [3.05, 3.63) is 84.2 Å². The second kappa shape index (κ2) is 11.6. The summed E-state index contributed by atoms with van der Waals surface area (Å²) in [4.78, 5) is 28.9. The lowest BCUT2D eigenvalue weighted by molar-refractivity contribution is -0.127. The van der Waals surface area contributed by atoms with E-state index < -0.39 is 17.8 Å². The first-order valence-corrected chi connectivity index (χ1v) is 12.1. The molecule has 0 aliphatic carbocycles. The Morgan fingerprint density at radius 2 is 1.84 bits per heavy atom. The molecule has 8 nitrogen and oxygen atoms in total. The fourth-order valence-corrected chi connectivity index (χ4v) is 4.11. The van der Waals surface area contributed by atoms with E-state index in [9.17, 15) is 14.0 Å². The third-order valence-corrected chi connectivity index (χ3v) is 6.00. The van der Waals surface area contributed by atoms with Crippen LogP contribution in [0, 0.1) is 11.7 Å². The van der Waals surface area contributed by atoms with E-state index in [0.29, 0.717) is 34.8 Å². The minimum Gasteiger partial charge on any atom is -0.497 e. The number of nitrogens with one attached hydrogen (secondary N) is 1. The van der Waals surface area contributed by atoms with Gasteiger partial charge in [0.25, 0.3) is 0 Å². The first-order chi connectivity index (χ1) is 17.9. The number of para-hydroxylation sites is 1. The maximum absolute atomic E-state index is 14.4. The molecule has 0 aliphatic heterocycles. The second-order valence-corrected chi connectivity index (χ2v) is 9.13. The topological polar surface area (TPSA) is 89.4 Å². The number of ether oxygens (including phenoxy) is 1. The maximum atomic E-state index is 14.4. The van der Waals surface area contributed by atoms with E-state index in [2.05, 4.69) is 29.5 Å². The number of benzene rings is 3. The smallest absolute Gasteiger partial charge is 0.249 e. The van der Waals surface area contributed by atoms with Crippen LogP contribution in [0.25, 0.3) is 11.0 Å². The molecule has 0 saturated carbocycles. The number of carbonyl (C=O) groups is 2. The summed E-state index contributed by atoms with van der Waals surface area (Å²) < 4.78 is 21.2. The third kappa shape index (κ3) is 6.11. The first kappa shape index (κ1) is 25.8. The molecule has 1 aromatic heterocycles. The summed E-state index contributed by atoms with van der Waals surface area (Å²) in [5.41, 5.74) is 2.10. The van der Waals surface area contributed by atoms with Crippen LogP contribution in [0.4, 0.5) is 10.1 Å². The zero-order valence-corrected chi connectivity index (χ0v) is 21.1. The Kier molecular flexibility index (Phi) is 8.12. The minimum atomic E-state index is -1.08. The highest BCUT2D eigenvalue weighted by Crippen LogP contribution is 2.31. The zero-order valence-electron chi connectivity index (χ0n) is 21.1. The number of amides is 2. The Morgan fingerprint density at radius 1 is 1.05 bits per heavy atom. The number of carbonyl (C=O) groups excluding carboxylic acids is 2. The van der Waals surface area contributed by atoms with Gasteiger partial charge < -0.3 is 10.1 Å². The summed E-state index contributed by atoms with van der Waals surface area (Å²) in [7, 11) is 1.53. The molecule has 1 atom stereocenters. The van der Waals surface area contributed by atoms with Gasteiger partial charge in [-0.25, -0.2) is 9.07 Å². The van der Waals surface area contributed by atoms with Crippen LogP contribution in [0.3, 0.4) is 0 Å². The van der Waals surface area contributed by atoms with Gasteiger partial charge in [0.1, 0.15) is 29.7 Å². The van der Waals surface area contributed by atoms with Gasteiger partial charge in [0, 0.05) is 12.2 Å². The molecule has 0 bridgehead atoms. The molecule has 1 heterocycles. The van der Waals surface area contributed by atoms with E-state index in [1.807, 2.05) is 18.2 Å². The molecule has 0 radical (unpaired) electrons. The molecule has 4 rings (SSSR count). The summed E-state index contributed by atoms with van der Waals surface area (Å²) in [6, 6.07) is 18.8. The van der Waals surface area contributed by atoms with E-state index in [1.165, 1.54) is 34.9 Å². The van der Waals surface area contributed by atoms with Crippen molar-refractivity contribution in [2.75, 3.05) is 18.6 Å². The lowest BCUT2D eigenvalue weighted by atomic mass is 10.0. The number of fused-ring (bicyclic) bond motifs is 1. The Morgan fingerprint density at radius 3 is 2.59 bits per heavy atom. The molecule has 3 aromatic carbocycles. The highest BCUT2D eigenvalue weighted by molar-refractivity contribution is 6.01. The van der Waals surface area contributed by atoms with Gasteiger partial charge in [-0.15, -0.1) is 5.10 Å². The number of rotatable bonds is 10. The Bertz CT molecular complexity index is 1390. The van der Waals surface area contributed by atoms with Crippen molar-refractivity contribution in [1.29, 1.82) is 0 Å². The average molecular weight is 504 g/mol. The van der Waals surface area contributed by atoms with Crippen LogP contribution in [0.15, 0.2) is 72.8 Å². The van der Waals surface area contributed by atoms with E-state index in [-0.39, 0.29) is 18.1 Å². The van der Waals surface area contributed by atoms with Crippen molar-refractivity contribution in [2.24, 2.45) is 5.92 Å². The monoisotopic (exact) mass is 503 g/mol. The Hall–Kier alpha value is -4.27. The summed E-state index contributed by atoms with van der Waals surface area (Å²) in [6.45, 7) is 4.38. The lowest BCUT2D eigenvalue weighted by Crippen LogP contribution is -2.45. The van der Waals surface area contributed by atoms with Gasteiger partial charge >= 0.3 is 0 Å². The van der Waals surface area contributed by atoms with Crippen molar-refractivity contribution < 1.29 is 18.7 Å². The van der Waals surface area contributed by atoms with Gasteiger partial charge in [0.2, 0.25) is 11.8 Å². The van der Waals surface area contributed by atoms with Gasteiger partial charge in [0.15, 0.2) is 0 Å². The summed E-state index contributed by atoms with van der Waals surface area (Å²) in [5, 5.41) is 11.2. The normalized spacial score (nSPS) is 11.9. The van der Waals surface area contributed by atoms with Gasteiger partial charge in [0.05, 0.1) is 12.6 Å².